The Balaban J connectivity index is 1.51. The highest BCUT2D eigenvalue weighted by molar-refractivity contribution is 6.37. The standard InChI is InChI=1S/C20H17Cl2N3O2/c21-15-7-4-8-16(22)20(15)27-12-19(26)23-18-11-17(13-9-10-13)24-25(18)14-5-2-1-3-6-14/h1-8,11,13H,9-10,12H2,(H,23,26). The first-order chi connectivity index (χ1) is 13.1. The predicted octanol–water partition coefficient (Wildman–Crippen LogP) is 5.07. The van der Waals surface area contributed by atoms with E-state index in [1.165, 1.54) is 0 Å². The number of carbonyl (C=O) groups is 1. The molecule has 1 fully saturated rings. The van der Waals surface area contributed by atoms with Crippen LogP contribution in [0.3, 0.4) is 0 Å². The fourth-order valence-electron chi connectivity index (χ4n) is 2.77. The van der Waals surface area contributed by atoms with Gasteiger partial charge < -0.3 is 10.1 Å². The van der Waals surface area contributed by atoms with Crippen molar-refractivity contribution in [2.45, 2.75) is 18.8 Å². The van der Waals surface area contributed by atoms with Crippen molar-refractivity contribution in [2.24, 2.45) is 0 Å². The molecule has 1 heterocycles. The van der Waals surface area contributed by atoms with Crippen LogP contribution in [0.2, 0.25) is 10.0 Å². The molecular weight excluding hydrogens is 385 g/mol. The zero-order valence-corrected chi connectivity index (χ0v) is 15.9. The number of ether oxygens (including phenoxy) is 1. The van der Waals surface area contributed by atoms with Crippen LogP contribution < -0.4 is 10.1 Å². The average Bonchev–Trinajstić information content (AvgIpc) is 3.43. The van der Waals surface area contributed by atoms with E-state index >= 15 is 0 Å². The maximum Gasteiger partial charge on any atom is 0.263 e. The summed E-state index contributed by atoms with van der Waals surface area (Å²) in [6.07, 6.45) is 2.26. The smallest absolute Gasteiger partial charge is 0.263 e. The number of halogens is 2. The minimum Gasteiger partial charge on any atom is -0.481 e. The van der Waals surface area contributed by atoms with Crippen LogP contribution in [-0.2, 0) is 4.79 Å². The zero-order chi connectivity index (χ0) is 18.8. The van der Waals surface area contributed by atoms with Gasteiger partial charge in [-0.3, -0.25) is 4.79 Å². The van der Waals surface area contributed by atoms with E-state index in [0.717, 1.165) is 24.2 Å². The molecule has 1 amide bonds. The first-order valence-electron chi connectivity index (χ1n) is 8.64. The number of aromatic nitrogens is 2. The highest BCUT2D eigenvalue weighted by atomic mass is 35.5. The van der Waals surface area contributed by atoms with Crippen molar-refractivity contribution in [3.8, 4) is 11.4 Å². The Kier molecular flexibility index (Phi) is 5.05. The molecular formula is C20H17Cl2N3O2. The summed E-state index contributed by atoms with van der Waals surface area (Å²) in [6, 6.07) is 16.7. The first kappa shape index (κ1) is 17.9. The number of nitrogens with one attached hydrogen (secondary N) is 1. The molecule has 0 aliphatic heterocycles. The molecule has 0 spiro atoms. The minimum absolute atomic E-state index is 0.206. The number of hydrogen-bond donors (Lipinski definition) is 1. The van der Waals surface area contributed by atoms with Crippen LogP contribution in [-0.4, -0.2) is 22.3 Å². The Morgan fingerprint density at radius 1 is 1.11 bits per heavy atom. The summed E-state index contributed by atoms with van der Waals surface area (Å²) in [4.78, 5) is 12.4. The highest BCUT2D eigenvalue weighted by Crippen LogP contribution is 2.40. The monoisotopic (exact) mass is 401 g/mol. The Morgan fingerprint density at radius 2 is 1.81 bits per heavy atom. The number of rotatable bonds is 6. The van der Waals surface area contributed by atoms with E-state index in [4.69, 9.17) is 27.9 Å². The second kappa shape index (κ2) is 7.62. The molecule has 4 rings (SSSR count). The molecule has 5 nitrogen and oxygen atoms in total. The molecule has 0 radical (unpaired) electrons. The molecule has 1 aliphatic rings. The second-order valence-corrected chi connectivity index (χ2v) is 7.18. The van der Waals surface area contributed by atoms with Gasteiger partial charge in [0.2, 0.25) is 0 Å². The summed E-state index contributed by atoms with van der Waals surface area (Å²) in [6.45, 7) is -0.206. The van der Waals surface area contributed by atoms with Gasteiger partial charge in [0, 0.05) is 12.0 Å². The van der Waals surface area contributed by atoms with Crippen LogP contribution in [0.4, 0.5) is 5.82 Å². The van der Waals surface area contributed by atoms with E-state index in [2.05, 4.69) is 10.4 Å². The van der Waals surface area contributed by atoms with Gasteiger partial charge in [-0.15, -0.1) is 0 Å². The van der Waals surface area contributed by atoms with Crippen LogP contribution in [0.5, 0.6) is 5.75 Å². The highest BCUT2D eigenvalue weighted by Gasteiger charge is 2.28. The summed E-state index contributed by atoms with van der Waals surface area (Å²) in [5, 5.41) is 8.26. The van der Waals surface area contributed by atoms with Gasteiger partial charge in [0.15, 0.2) is 12.4 Å². The molecule has 7 heteroatoms. The van der Waals surface area contributed by atoms with Crippen molar-refractivity contribution in [1.82, 2.24) is 9.78 Å². The van der Waals surface area contributed by atoms with Gasteiger partial charge in [-0.1, -0.05) is 47.5 Å². The fraction of sp³-hybridized carbons (Fsp3) is 0.200. The van der Waals surface area contributed by atoms with Crippen molar-refractivity contribution in [3.63, 3.8) is 0 Å². The number of amides is 1. The van der Waals surface area contributed by atoms with Crippen molar-refractivity contribution in [3.05, 3.63) is 70.3 Å². The molecule has 138 valence electrons. The third-order valence-corrected chi connectivity index (χ3v) is 4.85. The molecule has 0 unspecified atom stereocenters. The molecule has 1 N–H and O–H groups in total. The van der Waals surface area contributed by atoms with Gasteiger partial charge in [0.25, 0.3) is 5.91 Å². The van der Waals surface area contributed by atoms with Gasteiger partial charge in [-0.25, -0.2) is 4.68 Å². The fourth-order valence-corrected chi connectivity index (χ4v) is 3.28. The minimum atomic E-state index is -0.314. The lowest BCUT2D eigenvalue weighted by Gasteiger charge is -2.11. The molecule has 0 saturated heterocycles. The van der Waals surface area contributed by atoms with E-state index in [9.17, 15) is 4.79 Å². The number of hydrogen-bond acceptors (Lipinski definition) is 3. The lowest BCUT2D eigenvalue weighted by atomic mass is 10.3. The van der Waals surface area contributed by atoms with E-state index in [0.29, 0.717) is 27.5 Å². The quantitative estimate of drug-likeness (QED) is 0.626. The maximum absolute atomic E-state index is 12.4. The summed E-state index contributed by atoms with van der Waals surface area (Å²) < 4.78 is 7.25. The van der Waals surface area contributed by atoms with Crippen LogP contribution >= 0.6 is 23.2 Å². The second-order valence-electron chi connectivity index (χ2n) is 6.36. The third kappa shape index (κ3) is 4.10. The molecule has 27 heavy (non-hydrogen) atoms. The van der Waals surface area contributed by atoms with Crippen molar-refractivity contribution in [2.75, 3.05) is 11.9 Å². The summed E-state index contributed by atoms with van der Waals surface area (Å²) in [5.41, 5.74) is 1.87. The predicted molar refractivity (Wildman–Crippen MR) is 106 cm³/mol. The largest absolute Gasteiger partial charge is 0.481 e. The van der Waals surface area contributed by atoms with Gasteiger partial charge >= 0.3 is 0 Å². The van der Waals surface area contributed by atoms with Crippen molar-refractivity contribution < 1.29 is 9.53 Å². The summed E-state index contributed by atoms with van der Waals surface area (Å²) >= 11 is 12.1. The van der Waals surface area contributed by atoms with Crippen molar-refractivity contribution >= 4 is 34.9 Å². The molecule has 1 aliphatic carbocycles. The Morgan fingerprint density at radius 3 is 2.48 bits per heavy atom. The van der Waals surface area contributed by atoms with Crippen molar-refractivity contribution in [1.29, 1.82) is 0 Å². The lowest BCUT2D eigenvalue weighted by Crippen LogP contribution is -2.22. The Bertz CT molecular complexity index is 948. The zero-order valence-electron chi connectivity index (χ0n) is 14.4. The van der Waals surface area contributed by atoms with E-state index < -0.39 is 0 Å². The molecule has 0 bridgehead atoms. The summed E-state index contributed by atoms with van der Waals surface area (Å²) in [7, 11) is 0. The number of nitrogens with zero attached hydrogens (tertiary/aromatic N) is 2. The molecule has 1 saturated carbocycles. The molecule has 1 aromatic heterocycles. The van der Waals surface area contributed by atoms with Gasteiger partial charge in [0.1, 0.15) is 5.82 Å². The number of benzene rings is 2. The van der Waals surface area contributed by atoms with Gasteiger partial charge in [-0.2, -0.15) is 5.10 Å². The summed E-state index contributed by atoms with van der Waals surface area (Å²) in [5.74, 6) is 1.07. The van der Waals surface area contributed by atoms with E-state index in [1.54, 1.807) is 22.9 Å². The number of anilines is 1. The molecule has 3 aromatic rings. The van der Waals surface area contributed by atoms with E-state index in [-0.39, 0.29) is 12.5 Å². The normalized spacial score (nSPS) is 13.4. The lowest BCUT2D eigenvalue weighted by molar-refractivity contribution is -0.118. The van der Waals surface area contributed by atoms with Crippen LogP contribution in [0.1, 0.15) is 24.5 Å². The molecule has 2 aromatic carbocycles. The Hall–Kier alpha value is -2.50. The topological polar surface area (TPSA) is 56.1 Å². The van der Waals surface area contributed by atoms with Crippen LogP contribution in [0.15, 0.2) is 54.6 Å². The average molecular weight is 402 g/mol. The maximum atomic E-state index is 12.4. The SMILES string of the molecule is O=C(COc1c(Cl)cccc1Cl)Nc1cc(C2CC2)nn1-c1ccccc1. The first-order valence-corrected chi connectivity index (χ1v) is 9.39. The van der Waals surface area contributed by atoms with Gasteiger partial charge in [-0.05, 0) is 37.1 Å². The van der Waals surface area contributed by atoms with E-state index in [1.807, 2.05) is 36.4 Å². The Labute approximate surface area is 166 Å². The number of para-hydroxylation sites is 2. The molecule has 0 atom stereocenters. The number of carbonyl (C=O) groups excluding carboxylic acids is 1. The van der Waals surface area contributed by atoms with Crippen LogP contribution in [0, 0.1) is 0 Å². The van der Waals surface area contributed by atoms with Gasteiger partial charge in [0.05, 0.1) is 21.4 Å². The third-order valence-electron chi connectivity index (χ3n) is 4.26. The van der Waals surface area contributed by atoms with Crippen LogP contribution in [0.25, 0.3) is 5.69 Å².